The molecule has 8 aromatic rings. The number of ether oxygens (including phenoxy) is 5. The summed E-state index contributed by atoms with van der Waals surface area (Å²) in [5.41, 5.74) is 19.0. The van der Waals surface area contributed by atoms with E-state index in [0.29, 0.717) is 18.9 Å². The number of alkyl halides is 1. The number of nitrogens with zero attached hydrogens (tertiary/aromatic N) is 7. The molecule has 2 aliphatic rings. The monoisotopic (exact) mass is 1340 g/mol. The first-order valence-electron chi connectivity index (χ1n) is 32.7. The standard InChI is InChI=1S/C41H50N4O5.C30H33N3O2.C6H10BrNO/c1-7-35(30-14-9-8-10-15-30)39(32-20-23-36-33(28-32)29-42-45(36)38-17-11-12-26-49-38)31-18-21-34(22-19-31)48-27-25-44(40(47)50-41(2,3)4)24-13-16-37(46)43(5)6;1-2-27(22-8-4-3-5-9-22)30(23-11-14-26(15-12-23)34-19-17-31)24-13-16-28-25(20-24)21-32-33(28)29-10-6-7-18-35-29;1-8(2)6(9)4-3-5-7/h8-10,13-16,18-23,28-29,38H,7,11-12,17,24-27H2,1-6H3;3-5,8-9,11-16,20-21,29H,2,6-7,10,17-19,31H2,1H3;3-4H,5H2,1-2H3/b16-13+,39-35+;30-27+;4-3+. The smallest absolute Gasteiger partial charge is 0.410 e. The first-order valence-corrected chi connectivity index (χ1v) is 33.8. The van der Waals surface area contributed by atoms with Gasteiger partial charge >= 0.3 is 6.09 Å². The molecule has 10 rings (SSSR count). The van der Waals surface area contributed by atoms with Crippen LogP contribution >= 0.6 is 15.9 Å². The molecule has 0 spiro atoms. The van der Waals surface area contributed by atoms with Crippen LogP contribution in [-0.2, 0) is 23.8 Å². The van der Waals surface area contributed by atoms with Crippen molar-refractivity contribution in [2.24, 2.45) is 5.73 Å². The number of halogens is 1. The van der Waals surface area contributed by atoms with Gasteiger partial charge in [-0.2, -0.15) is 10.2 Å². The van der Waals surface area contributed by atoms with E-state index in [2.05, 4.69) is 145 Å². The van der Waals surface area contributed by atoms with Gasteiger partial charge in [-0.1, -0.05) is 139 Å². The van der Waals surface area contributed by atoms with Crippen LogP contribution in [0.3, 0.4) is 0 Å². The van der Waals surface area contributed by atoms with Gasteiger partial charge in [-0.05, 0) is 182 Å². The SMILES string of the molecule is CC/C(=C(/c1ccc(OCCN(C/C=C/C(=O)N(C)C)C(=O)OC(C)(C)C)cc1)c1ccc2c(cnn2C2CCCCO2)c1)c1ccccc1.CC/C(=C(/c1ccc(OCCN)cc1)c1ccc2c(cnn2C2CCCCO2)c1)c1ccccc1.CN(C)C(=O)/C=C/CBr. The van der Waals surface area contributed by atoms with E-state index in [0.717, 1.165) is 113 Å². The molecule has 2 aromatic heterocycles. The number of nitrogens with two attached hydrogens (primary N) is 1. The van der Waals surface area contributed by atoms with E-state index in [1.165, 1.54) is 66.7 Å². The lowest BCUT2D eigenvalue weighted by Gasteiger charge is -2.26. The van der Waals surface area contributed by atoms with E-state index in [4.69, 9.17) is 39.6 Å². The number of amides is 3. The Hall–Kier alpha value is -8.61. The lowest BCUT2D eigenvalue weighted by atomic mass is 9.88. The summed E-state index contributed by atoms with van der Waals surface area (Å²) in [6, 6.07) is 50.9. The van der Waals surface area contributed by atoms with Gasteiger partial charge in [0.1, 0.15) is 30.3 Å². The fourth-order valence-corrected chi connectivity index (χ4v) is 11.4. The second-order valence-electron chi connectivity index (χ2n) is 24.4. The molecule has 17 heteroatoms. The molecule has 2 saturated heterocycles. The molecule has 3 amide bonds. The topological polar surface area (TPSA) is 169 Å². The van der Waals surface area contributed by atoms with Gasteiger partial charge in [0.15, 0.2) is 12.5 Å². The number of carbonyl (C=O) groups is 3. The zero-order valence-electron chi connectivity index (χ0n) is 56.1. The van der Waals surface area contributed by atoms with Crippen LogP contribution in [0.5, 0.6) is 11.5 Å². The third-order valence-corrected chi connectivity index (χ3v) is 16.3. The van der Waals surface area contributed by atoms with Gasteiger partial charge in [0, 0.05) is 76.7 Å². The van der Waals surface area contributed by atoms with Gasteiger partial charge in [0.2, 0.25) is 11.8 Å². The third-order valence-electron chi connectivity index (χ3n) is 16.0. The van der Waals surface area contributed by atoms with E-state index in [-0.39, 0.29) is 44.0 Å². The molecule has 0 saturated carbocycles. The predicted molar refractivity (Wildman–Crippen MR) is 383 cm³/mol. The van der Waals surface area contributed by atoms with E-state index >= 15 is 0 Å². The van der Waals surface area contributed by atoms with Crippen LogP contribution in [0, 0.1) is 0 Å². The number of aromatic nitrogens is 4. The number of hydrogen-bond donors (Lipinski definition) is 1. The molecular formula is C77H93BrN8O8. The Morgan fingerprint density at radius 3 is 1.41 bits per heavy atom. The summed E-state index contributed by atoms with van der Waals surface area (Å²) < 4.78 is 33.6. The number of fused-ring (bicyclic) bond motifs is 2. The summed E-state index contributed by atoms with van der Waals surface area (Å²) >= 11 is 3.17. The minimum Gasteiger partial charge on any atom is -0.492 e. The van der Waals surface area contributed by atoms with Crippen LogP contribution in [-0.4, -0.2) is 137 Å². The Labute approximate surface area is 563 Å². The van der Waals surface area contributed by atoms with Crippen molar-refractivity contribution < 1.29 is 38.1 Å². The molecular weight excluding hydrogens is 1240 g/mol. The number of likely N-dealkylation sites (N-methyl/N-ethyl adjacent to an activating group) is 2. The van der Waals surface area contributed by atoms with E-state index in [1.54, 1.807) is 40.3 Å². The maximum atomic E-state index is 12.9. The Kier molecular flexibility index (Phi) is 27.0. The Morgan fingerprint density at radius 1 is 0.585 bits per heavy atom. The van der Waals surface area contributed by atoms with E-state index < -0.39 is 11.7 Å². The number of allylic oxidation sites excluding steroid dienone is 3. The van der Waals surface area contributed by atoms with Crippen molar-refractivity contribution in [3.8, 4) is 11.5 Å². The molecule has 6 aromatic carbocycles. The van der Waals surface area contributed by atoms with Crippen molar-refractivity contribution >= 4 is 77.9 Å². The number of benzene rings is 6. The summed E-state index contributed by atoms with van der Waals surface area (Å²) in [4.78, 5) is 40.2. The van der Waals surface area contributed by atoms with Gasteiger partial charge < -0.3 is 44.1 Å². The summed E-state index contributed by atoms with van der Waals surface area (Å²) in [7, 11) is 6.81. The fraction of sp³-hybridized carbons (Fsp3) is 0.364. The number of carbonyl (C=O) groups excluding carboxylic acids is 3. The minimum atomic E-state index is -0.647. The van der Waals surface area contributed by atoms with Crippen LogP contribution < -0.4 is 15.2 Å². The first kappa shape index (κ1) is 71.2. The van der Waals surface area contributed by atoms with Crippen molar-refractivity contribution in [2.75, 3.05) is 79.6 Å². The molecule has 496 valence electrons. The molecule has 2 unspecified atom stereocenters. The summed E-state index contributed by atoms with van der Waals surface area (Å²) in [5.74, 6) is 1.40. The van der Waals surface area contributed by atoms with Crippen LogP contribution in [0.25, 0.3) is 44.1 Å². The highest BCUT2D eigenvalue weighted by Gasteiger charge is 2.24. The van der Waals surface area contributed by atoms with Crippen LogP contribution in [0.15, 0.2) is 182 Å². The molecule has 4 heterocycles. The summed E-state index contributed by atoms with van der Waals surface area (Å²) in [6.07, 6.45) is 18.2. The average molecular weight is 1340 g/mol. The minimum absolute atomic E-state index is 0.0226. The molecule has 2 fully saturated rings. The molecule has 2 N–H and O–H groups in total. The van der Waals surface area contributed by atoms with Gasteiger partial charge in [0.25, 0.3) is 0 Å². The highest BCUT2D eigenvalue weighted by molar-refractivity contribution is 9.09. The highest BCUT2D eigenvalue weighted by Crippen LogP contribution is 2.39. The number of rotatable bonds is 22. The summed E-state index contributed by atoms with van der Waals surface area (Å²) in [5, 5.41) is 12.4. The normalized spacial score (nSPS) is 15.5. The molecule has 2 aliphatic heterocycles. The van der Waals surface area contributed by atoms with Crippen LogP contribution in [0.4, 0.5) is 4.79 Å². The largest absolute Gasteiger partial charge is 0.492 e. The predicted octanol–water partition coefficient (Wildman–Crippen LogP) is 15.8. The van der Waals surface area contributed by atoms with Crippen molar-refractivity contribution in [3.63, 3.8) is 0 Å². The van der Waals surface area contributed by atoms with Gasteiger partial charge in [-0.25, -0.2) is 14.2 Å². The molecule has 16 nitrogen and oxygen atoms in total. The van der Waals surface area contributed by atoms with Gasteiger partial charge in [0.05, 0.1) is 30.0 Å². The average Bonchev–Trinajstić information content (AvgIpc) is 1.51. The fourth-order valence-electron chi connectivity index (χ4n) is 11.3. The van der Waals surface area contributed by atoms with E-state index in [1.807, 2.05) is 72.9 Å². The third kappa shape index (κ3) is 20.0. The maximum absolute atomic E-state index is 12.9. The second-order valence-corrected chi connectivity index (χ2v) is 25.0. The first-order chi connectivity index (χ1) is 45.5. The number of hydrogen-bond acceptors (Lipinski definition) is 11. The van der Waals surface area contributed by atoms with Crippen molar-refractivity contribution in [1.82, 2.24) is 34.3 Å². The van der Waals surface area contributed by atoms with Crippen LogP contribution in [0.2, 0.25) is 0 Å². The highest BCUT2D eigenvalue weighted by atomic mass is 79.9. The van der Waals surface area contributed by atoms with Gasteiger partial charge in [-0.3, -0.25) is 9.59 Å². The van der Waals surface area contributed by atoms with Crippen molar-refractivity contribution in [3.05, 3.63) is 216 Å². The molecule has 0 bridgehead atoms. The lowest BCUT2D eigenvalue weighted by molar-refractivity contribution is -0.124. The van der Waals surface area contributed by atoms with Crippen molar-refractivity contribution in [1.29, 1.82) is 0 Å². The zero-order chi connectivity index (χ0) is 67.0. The maximum Gasteiger partial charge on any atom is 0.410 e. The Balaban J connectivity index is 0.000000222. The Bertz CT molecular complexity index is 3840. The molecule has 94 heavy (non-hydrogen) atoms. The molecule has 2 atom stereocenters. The zero-order valence-corrected chi connectivity index (χ0v) is 57.7. The van der Waals surface area contributed by atoms with E-state index in [9.17, 15) is 14.4 Å². The van der Waals surface area contributed by atoms with Crippen LogP contribution in [0.1, 0.15) is 132 Å². The summed E-state index contributed by atoms with van der Waals surface area (Å²) in [6.45, 7) is 13.3. The molecule has 0 aliphatic carbocycles. The van der Waals surface area contributed by atoms with Crippen molar-refractivity contribution in [2.45, 2.75) is 104 Å². The van der Waals surface area contributed by atoms with Gasteiger partial charge in [-0.15, -0.1) is 0 Å². The second kappa shape index (κ2) is 35.6. The lowest BCUT2D eigenvalue weighted by Crippen LogP contribution is -2.39. The Morgan fingerprint density at radius 2 is 1.02 bits per heavy atom. The molecule has 0 radical (unpaired) electrons. The quantitative estimate of drug-likeness (QED) is 0.0389.